The van der Waals surface area contributed by atoms with Crippen LogP contribution in [0.1, 0.15) is 24.8 Å². The van der Waals surface area contributed by atoms with E-state index in [2.05, 4.69) is 5.32 Å². The van der Waals surface area contributed by atoms with Crippen molar-refractivity contribution in [2.45, 2.75) is 37.8 Å². The number of nitrogens with two attached hydrogens (primary N) is 2. The molecule has 0 aromatic heterocycles. The summed E-state index contributed by atoms with van der Waals surface area (Å²) >= 11 is 0. The molecule has 0 heterocycles. The maximum atomic E-state index is 12.0. The van der Waals surface area contributed by atoms with Crippen molar-refractivity contribution in [1.82, 2.24) is 5.32 Å². The van der Waals surface area contributed by atoms with Gasteiger partial charge in [0.15, 0.2) is 0 Å². The number of benzene rings is 1. The molecular formula is C15H21N3O3. The van der Waals surface area contributed by atoms with E-state index in [-0.39, 0.29) is 18.1 Å². The van der Waals surface area contributed by atoms with Crippen LogP contribution >= 0.6 is 0 Å². The summed E-state index contributed by atoms with van der Waals surface area (Å²) in [7, 11) is 0. The van der Waals surface area contributed by atoms with Crippen LogP contribution in [0.15, 0.2) is 24.3 Å². The fraction of sp³-hybridized carbons (Fsp3) is 0.467. The molecule has 6 heteroatoms. The van der Waals surface area contributed by atoms with E-state index in [1.165, 1.54) is 12.1 Å². The van der Waals surface area contributed by atoms with Gasteiger partial charge in [-0.2, -0.15) is 0 Å². The van der Waals surface area contributed by atoms with Gasteiger partial charge in [-0.25, -0.2) is 0 Å². The number of hydrogen-bond donors (Lipinski definition) is 4. The summed E-state index contributed by atoms with van der Waals surface area (Å²) < 4.78 is 0. The SMILES string of the molecule is NC(=O)[C@H](Cc1ccc(O)cc1)NC(=O)[C@H](N)CC1CC1. The lowest BCUT2D eigenvalue weighted by Crippen LogP contribution is -2.51. The first kappa shape index (κ1) is 15.3. The Morgan fingerprint density at radius 2 is 1.90 bits per heavy atom. The van der Waals surface area contributed by atoms with Crippen LogP contribution in [0.4, 0.5) is 0 Å². The van der Waals surface area contributed by atoms with Crippen LogP contribution in [0.25, 0.3) is 0 Å². The Labute approximate surface area is 123 Å². The van der Waals surface area contributed by atoms with Crippen LogP contribution in [-0.2, 0) is 16.0 Å². The van der Waals surface area contributed by atoms with Crippen molar-refractivity contribution in [2.24, 2.45) is 17.4 Å². The number of aromatic hydroxyl groups is 1. The van der Waals surface area contributed by atoms with Crippen LogP contribution in [0.3, 0.4) is 0 Å². The van der Waals surface area contributed by atoms with Crippen molar-refractivity contribution in [3.63, 3.8) is 0 Å². The molecule has 1 aliphatic carbocycles. The number of phenols is 1. The summed E-state index contributed by atoms with van der Waals surface area (Å²) in [5.74, 6) is -0.265. The molecule has 0 bridgehead atoms. The van der Waals surface area contributed by atoms with E-state index in [4.69, 9.17) is 11.5 Å². The largest absolute Gasteiger partial charge is 0.508 e. The quantitative estimate of drug-likeness (QED) is 0.567. The second kappa shape index (κ2) is 6.58. The Balaban J connectivity index is 1.93. The molecule has 2 rings (SSSR count). The highest BCUT2D eigenvalue weighted by molar-refractivity contribution is 5.89. The molecule has 0 saturated heterocycles. The van der Waals surface area contributed by atoms with E-state index < -0.39 is 18.0 Å². The molecule has 21 heavy (non-hydrogen) atoms. The Bertz CT molecular complexity index is 511. The normalized spacial score (nSPS) is 17.0. The molecule has 0 unspecified atom stereocenters. The number of amides is 2. The maximum Gasteiger partial charge on any atom is 0.240 e. The minimum Gasteiger partial charge on any atom is -0.508 e. The Morgan fingerprint density at radius 1 is 1.29 bits per heavy atom. The van der Waals surface area contributed by atoms with Gasteiger partial charge in [0.2, 0.25) is 11.8 Å². The van der Waals surface area contributed by atoms with Crippen molar-refractivity contribution < 1.29 is 14.7 Å². The second-order valence-corrected chi connectivity index (χ2v) is 5.62. The van der Waals surface area contributed by atoms with E-state index >= 15 is 0 Å². The second-order valence-electron chi connectivity index (χ2n) is 5.62. The fourth-order valence-electron chi connectivity index (χ4n) is 2.19. The average molecular weight is 291 g/mol. The van der Waals surface area contributed by atoms with Crippen LogP contribution in [0.2, 0.25) is 0 Å². The molecule has 2 atom stereocenters. The Hall–Kier alpha value is -2.08. The van der Waals surface area contributed by atoms with Crippen LogP contribution in [-0.4, -0.2) is 29.0 Å². The van der Waals surface area contributed by atoms with Crippen molar-refractivity contribution in [3.05, 3.63) is 29.8 Å². The molecule has 114 valence electrons. The monoisotopic (exact) mass is 291 g/mol. The van der Waals surface area contributed by atoms with Gasteiger partial charge in [0.1, 0.15) is 11.8 Å². The molecular weight excluding hydrogens is 270 g/mol. The molecule has 2 amide bonds. The summed E-state index contributed by atoms with van der Waals surface area (Å²) in [6.07, 6.45) is 3.16. The molecule has 1 aliphatic rings. The van der Waals surface area contributed by atoms with Crippen molar-refractivity contribution in [2.75, 3.05) is 0 Å². The van der Waals surface area contributed by atoms with Crippen LogP contribution in [0.5, 0.6) is 5.75 Å². The van der Waals surface area contributed by atoms with Crippen molar-refractivity contribution in [1.29, 1.82) is 0 Å². The van der Waals surface area contributed by atoms with Gasteiger partial charge in [-0.3, -0.25) is 9.59 Å². The third kappa shape index (κ3) is 4.75. The van der Waals surface area contributed by atoms with Gasteiger partial charge < -0.3 is 21.9 Å². The van der Waals surface area contributed by atoms with E-state index in [1.54, 1.807) is 12.1 Å². The van der Waals surface area contributed by atoms with E-state index in [0.29, 0.717) is 12.3 Å². The number of phenolic OH excluding ortho intramolecular Hbond substituents is 1. The fourth-order valence-corrected chi connectivity index (χ4v) is 2.19. The summed E-state index contributed by atoms with van der Waals surface area (Å²) in [6, 6.07) is 5.01. The highest BCUT2D eigenvalue weighted by Gasteiger charge is 2.28. The van der Waals surface area contributed by atoms with Gasteiger partial charge in [-0.1, -0.05) is 25.0 Å². The predicted molar refractivity (Wildman–Crippen MR) is 78.3 cm³/mol. The minimum atomic E-state index is -0.799. The highest BCUT2D eigenvalue weighted by Crippen LogP contribution is 2.33. The van der Waals surface area contributed by atoms with Gasteiger partial charge in [0, 0.05) is 6.42 Å². The zero-order valence-electron chi connectivity index (χ0n) is 11.8. The average Bonchev–Trinajstić information content (AvgIpc) is 3.24. The number of nitrogens with one attached hydrogen (secondary N) is 1. The van der Waals surface area contributed by atoms with E-state index in [1.807, 2.05) is 0 Å². The van der Waals surface area contributed by atoms with E-state index in [0.717, 1.165) is 18.4 Å². The molecule has 0 radical (unpaired) electrons. The molecule has 1 fully saturated rings. The Kier molecular flexibility index (Phi) is 4.80. The number of primary amides is 1. The number of carbonyl (C=O) groups excluding carboxylic acids is 2. The minimum absolute atomic E-state index is 0.143. The molecule has 0 spiro atoms. The summed E-state index contributed by atoms with van der Waals surface area (Å²) in [4.78, 5) is 23.5. The van der Waals surface area contributed by atoms with Gasteiger partial charge in [-0.05, 0) is 30.0 Å². The number of carbonyl (C=O) groups is 2. The van der Waals surface area contributed by atoms with Gasteiger partial charge in [0.05, 0.1) is 6.04 Å². The molecule has 0 aliphatic heterocycles. The number of rotatable bonds is 7. The first-order valence-electron chi connectivity index (χ1n) is 7.09. The van der Waals surface area contributed by atoms with Gasteiger partial charge >= 0.3 is 0 Å². The lowest BCUT2D eigenvalue weighted by Gasteiger charge is -2.18. The first-order chi connectivity index (χ1) is 9.95. The zero-order chi connectivity index (χ0) is 15.4. The van der Waals surface area contributed by atoms with E-state index in [9.17, 15) is 14.7 Å². The van der Waals surface area contributed by atoms with Gasteiger partial charge in [-0.15, -0.1) is 0 Å². The summed E-state index contributed by atoms with van der Waals surface area (Å²) in [6.45, 7) is 0. The van der Waals surface area contributed by atoms with Crippen LogP contribution in [0, 0.1) is 5.92 Å². The molecule has 1 aromatic carbocycles. The number of hydrogen-bond acceptors (Lipinski definition) is 4. The zero-order valence-corrected chi connectivity index (χ0v) is 11.8. The lowest BCUT2D eigenvalue weighted by atomic mass is 10.0. The highest BCUT2D eigenvalue weighted by atomic mass is 16.3. The van der Waals surface area contributed by atoms with Crippen LogP contribution < -0.4 is 16.8 Å². The maximum absolute atomic E-state index is 12.0. The topological polar surface area (TPSA) is 118 Å². The smallest absolute Gasteiger partial charge is 0.240 e. The lowest BCUT2D eigenvalue weighted by molar-refractivity contribution is -0.128. The molecule has 1 aromatic rings. The molecule has 6 N–H and O–H groups in total. The molecule has 6 nitrogen and oxygen atoms in total. The third-order valence-corrected chi connectivity index (χ3v) is 3.66. The predicted octanol–water partition coefficient (Wildman–Crippen LogP) is 0.0322. The van der Waals surface area contributed by atoms with Crippen molar-refractivity contribution >= 4 is 11.8 Å². The first-order valence-corrected chi connectivity index (χ1v) is 7.09. The summed E-state index contributed by atoms with van der Waals surface area (Å²) in [5.41, 5.74) is 12.0. The third-order valence-electron chi connectivity index (χ3n) is 3.66. The molecule has 1 saturated carbocycles. The van der Waals surface area contributed by atoms with Gasteiger partial charge in [0.25, 0.3) is 0 Å². The Morgan fingerprint density at radius 3 is 2.43 bits per heavy atom. The van der Waals surface area contributed by atoms with Crippen molar-refractivity contribution in [3.8, 4) is 5.75 Å². The summed E-state index contributed by atoms with van der Waals surface area (Å²) in [5, 5.41) is 11.8. The standard InChI is InChI=1S/C15H21N3O3/c16-12(7-9-1-2-9)15(21)18-13(14(17)20)8-10-3-5-11(19)6-4-10/h3-6,9,12-13,19H,1-2,7-8,16H2,(H2,17,20)(H,18,21)/t12-,13+/m1/s1.